The van der Waals surface area contributed by atoms with Crippen molar-refractivity contribution in [3.8, 4) is 5.75 Å². The summed E-state index contributed by atoms with van der Waals surface area (Å²) in [7, 11) is 1.98. The molecule has 0 aromatic heterocycles. The Kier molecular flexibility index (Phi) is 7.40. The summed E-state index contributed by atoms with van der Waals surface area (Å²) in [5.74, 6) is 1.80. The average molecular weight is 318 g/mol. The molecular weight excluding hydrogens is 288 g/mol. The topological polar surface area (TPSA) is 41.6 Å². The second-order valence-electron chi connectivity index (χ2n) is 6.40. The summed E-state index contributed by atoms with van der Waals surface area (Å²) in [6.07, 6.45) is 4.77. The third kappa shape index (κ3) is 5.87. The molecule has 0 spiro atoms. The molecule has 0 radical (unpaired) electrons. The smallest absolute Gasteiger partial charge is 0.222 e. The number of carbonyl (C=O) groups is 1. The van der Waals surface area contributed by atoms with Crippen molar-refractivity contribution < 1.29 is 9.53 Å². The Hall–Kier alpha value is -1.55. The third-order valence-electron chi connectivity index (χ3n) is 4.39. The van der Waals surface area contributed by atoms with Crippen molar-refractivity contribution in [2.24, 2.45) is 5.92 Å². The van der Waals surface area contributed by atoms with Crippen molar-refractivity contribution in [3.63, 3.8) is 0 Å². The third-order valence-corrected chi connectivity index (χ3v) is 4.39. The van der Waals surface area contributed by atoms with Crippen molar-refractivity contribution in [1.29, 1.82) is 0 Å². The van der Waals surface area contributed by atoms with E-state index in [-0.39, 0.29) is 5.91 Å². The first-order chi connectivity index (χ1) is 11.2. The molecule has 1 heterocycles. The molecule has 1 saturated heterocycles. The van der Waals surface area contributed by atoms with Crippen LogP contribution in [0.25, 0.3) is 0 Å². The summed E-state index contributed by atoms with van der Waals surface area (Å²) in [4.78, 5) is 14.5. The van der Waals surface area contributed by atoms with E-state index in [2.05, 4.69) is 24.4 Å². The maximum atomic E-state index is 12.4. The van der Waals surface area contributed by atoms with Gasteiger partial charge in [0.15, 0.2) is 0 Å². The quantitative estimate of drug-likeness (QED) is 0.801. The van der Waals surface area contributed by atoms with Crippen molar-refractivity contribution in [3.05, 3.63) is 29.8 Å². The Labute approximate surface area is 140 Å². The van der Waals surface area contributed by atoms with Crippen molar-refractivity contribution in [2.75, 3.05) is 33.3 Å². The largest absolute Gasteiger partial charge is 0.494 e. The van der Waals surface area contributed by atoms with Gasteiger partial charge >= 0.3 is 0 Å². The van der Waals surface area contributed by atoms with Crippen LogP contribution in [0.5, 0.6) is 5.75 Å². The molecule has 1 aliphatic heterocycles. The molecule has 1 fully saturated rings. The molecule has 1 atom stereocenters. The highest BCUT2D eigenvalue weighted by Gasteiger charge is 2.22. The maximum absolute atomic E-state index is 12.4. The lowest BCUT2D eigenvalue weighted by molar-refractivity contribution is -0.132. The fourth-order valence-corrected chi connectivity index (χ4v) is 3.13. The van der Waals surface area contributed by atoms with Crippen LogP contribution in [0.1, 0.15) is 38.2 Å². The normalized spacial score (nSPS) is 18.0. The van der Waals surface area contributed by atoms with Crippen LogP contribution in [-0.2, 0) is 11.2 Å². The lowest BCUT2D eigenvalue weighted by Crippen LogP contribution is -2.42. The number of piperidine rings is 1. The minimum Gasteiger partial charge on any atom is -0.494 e. The fraction of sp³-hybridized carbons (Fsp3) is 0.632. The van der Waals surface area contributed by atoms with E-state index in [1.165, 1.54) is 12.0 Å². The number of hydrogen-bond acceptors (Lipinski definition) is 3. The fourth-order valence-electron chi connectivity index (χ4n) is 3.13. The van der Waals surface area contributed by atoms with Crippen molar-refractivity contribution in [1.82, 2.24) is 10.2 Å². The van der Waals surface area contributed by atoms with Crippen LogP contribution in [0.4, 0.5) is 0 Å². The van der Waals surface area contributed by atoms with Gasteiger partial charge in [-0.3, -0.25) is 4.79 Å². The summed E-state index contributed by atoms with van der Waals surface area (Å²) in [6, 6.07) is 8.13. The minimum absolute atomic E-state index is 0.289. The Morgan fingerprint density at radius 1 is 1.35 bits per heavy atom. The number of ether oxygens (including phenoxy) is 1. The van der Waals surface area contributed by atoms with E-state index in [1.807, 2.05) is 24.1 Å². The van der Waals surface area contributed by atoms with Crippen LogP contribution in [0.3, 0.4) is 0 Å². The lowest BCUT2D eigenvalue weighted by atomic mass is 9.97. The summed E-state index contributed by atoms with van der Waals surface area (Å²) in [6.45, 7) is 5.68. The van der Waals surface area contributed by atoms with Gasteiger partial charge in [-0.05, 0) is 62.9 Å². The van der Waals surface area contributed by atoms with E-state index in [0.717, 1.165) is 51.3 Å². The zero-order valence-corrected chi connectivity index (χ0v) is 14.5. The lowest BCUT2D eigenvalue weighted by Gasteiger charge is -2.32. The van der Waals surface area contributed by atoms with Crippen LogP contribution in [0.2, 0.25) is 0 Å². The minimum atomic E-state index is 0.289. The number of amides is 1. The summed E-state index contributed by atoms with van der Waals surface area (Å²) < 4.78 is 5.58. The summed E-state index contributed by atoms with van der Waals surface area (Å²) in [5, 5.41) is 3.22. The highest BCUT2D eigenvalue weighted by molar-refractivity contribution is 5.76. The monoisotopic (exact) mass is 318 g/mol. The van der Waals surface area contributed by atoms with Gasteiger partial charge in [0.2, 0.25) is 5.91 Å². The summed E-state index contributed by atoms with van der Waals surface area (Å²) >= 11 is 0. The number of rotatable bonds is 8. The van der Waals surface area contributed by atoms with E-state index in [4.69, 9.17) is 4.74 Å². The standard InChI is InChI=1S/C19H30N2O2/c1-3-13-23-18-9-6-16(7-10-18)8-11-19(22)21-12-4-5-17(15-21)14-20-2/h6-7,9-10,17,20H,3-5,8,11-15H2,1-2H3. The van der Waals surface area contributed by atoms with Gasteiger partial charge in [-0.15, -0.1) is 0 Å². The van der Waals surface area contributed by atoms with Gasteiger partial charge in [0, 0.05) is 19.5 Å². The second-order valence-corrected chi connectivity index (χ2v) is 6.40. The average Bonchev–Trinajstić information content (AvgIpc) is 2.59. The number of hydrogen-bond donors (Lipinski definition) is 1. The zero-order chi connectivity index (χ0) is 16.5. The van der Waals surface area contributed by atoms with Crippen LogP contribution in [-0.4, -0.2) is 44.1 Å². The molecule has 23 heavy (non-hydrogen) atoms. The number of nitrogens with one attached hydrogen (secondary N) is 1. The molecule has 1 amide bonds. The van der Waals surface area contributed by atoms with E-state index in [9.17, 15) is 4.79 Å². The first kappa shape index (κ1) is 17.8. The van der Waals surface area contributed by atoms with E-state index < -0.39 is 0 Å². The number of nitrogens with zero attached hydrogens (tertiary/aromatic N) is 1. The van der Waals surface area contributed by atoms with Crippen LogP contribution >= 0.6 is 0 Å². The molecule has 1 N–H and O–H groups in total. The van der Waals surface area contributed by atoms with E-state index in [0.29, 0.717) is 12.3 Å². The Bertz CT molecular complexity index is 471. The molecular formula is C19H30N2O2. The van der Waals surface area contributed by atoms with E-state index in [1.54, 1.807) is 0 Å². The van der Waals surface area contributed by atoms with Gasteiger partial charge in [0.05, 0.1) is 6.61 Å². The van der Waals surface area contributed by atoms with E-state index >= 15 is 0 Å². The number of benzene rings is 1. The number of carbonyl (C=O) groups excluding carboxylic acids is 1. The van der Waals surface area contributed by atoms with Crippen LogP contribution in [0.15, 0.2) is 24.3 Å². The van der Waals surface area contributed by atoms with Crippen LogP contribution < -0.4 is 10.1 Å². The SMILES string of the molecule is CCCOc1ccc(CCC(=O)N2CCCC(CNC)C2)cc1. The second kappa shape index (κ2) is 9.56. The highest BCUT2D eigenvalue weighted by atomic mass is 16.5. The Morgan fingerprint density at radius 2 is 2.13 bits per heavy atom. The zero-order valence-electron chi connectivity index (χ0n) is 14.5. The van der Waals surface area contributed by atoms with Crippen LogP contribution in [0, 0.1) is 5.92 Å². The highest BCUT2D eigenvalue weighted by Crippen LogP contribution is 2.18. The van der Waals surface area contributed by atoms with Crippen molar-refractivity contribution >= 4 is 5.91 Å². The molecule has 1 unspecified atom stereocenters. The Balaban J connectivity index is 1.77. The first-order valence-electron chi connectivity index (χ1n) is 8.87. The molecule has 4 nitrogen and oxygen atoms in total. The van der Waals surface area contributed by atoms with Gasteiger partial charge in [-0.25, -0.2) is 0 Å². The predicted molar refractivity (Wildman–Crippen MR) is 93.8 cm³/mol. The molecule has 4 heteroatoms. The molecule has 0 bridgehead atoms. The molecule has 1 aliphatic rings. The molecule has 0 aliphatic carbocycles. The number of likely N-dealkylation sites (tertiary alicyclic amines) is 1. The molecule has 1 aromatic carbocycles. The molecule has 1 aromatic rings. The van der Waals surface area contributed by atoms with Gasteiger partial charge < -0.3 is 15.0 Å². The Morgan fingerprint density at radius 3 is 2.83 bits per heavy atom. The molecule has 0 saturated carbocycles. The summed E-state index contributed by atoms with van der Waals surface area (Å²) in [5.41, 5.74) is 1.20. The molecule has 2 rings (SSSR count). The predicted octanol–water partition coefficient (Wildman–Crippen LogP) is 2.87. The maximum Gasteiger partial charge on any atom is 0.222 e. The van der Waals surface area contributed by atoms with Gasteiger partial charge in [0.25, 0.3) is 0 Å². The molecule has 128 valence electrons. The van der Waals surface area contributed by atoms with Crippen molar-refractivity contribution in [2.45, 2.75) is 39.0 Å². The van der Waals surface area contributed by atoms with Gasteiger partial charge in [-0.1, -0.05) is 19.1 Å². The van der Waals surface area contributed by atoms with Gasteiger partial charge in [0.1, 0.15) is 5.75 Å². The first-order valence-corrected chi connectivity index (χ1v) is 8.87. The number of aryl methyl sites for hydroxylation is 1. The van der Waals surface area contributed by atoms with Gasteiger partial charge in [-0.2, -0.15) is 0 Å².